The second kappa shape index (κ2) is 9.22. The highest BCUT2D eigenvalue weighted by Crippen LogP contribution is 2.26. The van der Waals surface area contributed by atoms with Crippen LogP contribution in [0.15, 0.2) is 59.5 Å². The fourth-order valence-corrected chi connectivity index (χ4v) is 5.09. The predicted molar refractivity (Wildman–Crippen MR) is 121 cm³/mol. The Balaban J connectivity index is 1.40. The summed E-state index contributed by atoms with van der Waals surface area (Å²) in [5, 5.41) is 8.65. The van der Waals surface area contributed by atoms with Crippen LogP contribution in [0.5, 0.6) is 5.75 Å². The minimum absolute atomic E-state index is 0.0898. The van der Waals surface area contributed by atoms with Gasteiger partial charge in [-0.1, -0.05) is 12.1 Å². The molecule has 0 atom stereocenters. The molecule has 11 heteroatoms. The fourth-order valence-electron chi connectivity index (χ4n) is 3.67. The Morgan fingerprint density at radius 2 is 1.53 bits per heavy atom. The van der Waals surface area contributed by atoms with Crippen molar-refractivity contribution in [3.05, 3.63) is 65.7 Å². The molecule has 2 aromatic carbocycles. The van der Waals surface area contributed by atoms with Gasteiger partial charge in [0.2, 0.25) is 10.0 Å². The predicted octanol–water partition coefficient (Wildman–Crippen LogP) is 4.17. The number of hydrogen-bond donors (Lipinski definition) is 0. The molecule has 7 nitrogen and oxygen atoms in total. The lowest BCUT2D eigenvalue weighted by Crippen LogP contribution is -2.49. The molecule has 1 fully saturated rings. The number of aryl methyl sites for hydroxylation is 2. The number of benzene rings is 2. The van der Waals surface area contributed by atoms with Crippen LogP contribution < -0.4 is 9.64 Å². The van der Waals surface area contributed by atoms with Gasteiger partial charge in [-0.15, -0.1) is 23.4 Å². The molecule has 0 amide bonds. The number of halogens is 3. The van der Waals surface area contributed by atoms with E-state index in [1.54, 1.807) is 0 Å². The summed E-state index contributed by atoms with van der Waals surface area (Å²) in [5.74, 6) is 0.178. The van der Waals surface area contributed by atoms with Gasteiger partial charge in [-0.3, -0.25) is 0 Å². The third-order valence-corrected chi connectivity index (χ3v) is 7.62. The van der Waals surface area contributed by atoms with Crippen molar-refractivity contribution in [2.45, 2.75) is 25.1 Å². The molecule has 1 aliphatic rings. The number of anilines is 1. The first-order valence-corrected chi connectivity index (χ1v) is 12.0. The highest BCUT2D eigenvalue weighted by molar-refractivity contribution is 7.89. The molecule has 1 aromatic heterocycles. The number of nitrogens with zero attached hydrogens (tertiary/aromatic N) is 4. The van der Waals surface area contributed by atoms with Crippen molar-refractivity contribution in [2.24, 2.45) is 0 Å². The summed E-state index contributed by atoms with van der Waals surface area (Å²) in [4.78, 5) is 1.86. The second-order valence-corrected chi connectivity index (χ2v) is 9.92. The van der Waals surface area contributed by atoms with Crippen molar-refractivity contribution in [3.63, 3.8) is 0 Å². The van der Waals surface area contributed by atoms with E-state index in [2.05, 4.69) is 21.0 Å². The molecule has 4 rings (SSSR count). The molecular weight excluding hydrogens is 469 g/mol. The zero-order chi connectivity index (χ0) is 24.5. The lowest BCUT2D eigenvalue weighted by molar-refractivity contribution is -0.274. The minimum atomic E-state index is -4.84. The first-order valence-electron chi connectivity index (χ1n) is 10.6. The minimum Gasteiger partial charge on any atom is -0.406 e. The van der Waals surface area contributed by atoms with Crippen LogP contribution in [0.25, 0.3) is 11.3 Å². The summed E-state index contributed by atoms with van der Waals surface area (Å²) in [6.07, 6.45) is -4.84. The molecule has 0 unspecified atom stereocenters. The largest absolute Gasteiger partial charge is 0.573 e. The lowest BCUT2D eigenvalue weighted by atomic mass is 10.0. The standard InChI is InChI=1S/C23H23F3N4O3S/c1-16-3-4-18(15-17(16)2)21-9-10-22(28-27-21)29-11-13-30(14-12-29)34(31,32)20-7-5-19(6-8-20)33-23(24,25)26/h3-10,15H,11-14H2,1-2H3. The van der Waals surface area contributed by atoms with Gasteiger partial charge in [0.15, 0.2) is 5.82 Å². The van der Waals surface area contributed by atoms with Gasteiger partial charge in [-0.25, -0.2) is 8.42 Å². The molecule has 34 heavy (non-hydrogen) atoms. The van der Waals surface area contributed by atoms with Crippen molar-refractivity contribution in [1.29, 1.82) is 0 Å². The number of ether oxygens (including phenoxy) is 1. The third-order valence-electron chi connectivity index (χ3n) is 5.71. The Morgan fingerprint density at radius 3 is 2.09 bits per heavy atom. The van der Waals surface area contributed by atoms with Crippen LogP contribution in [-0.4, -0.2) is 55.5 Å². The van der Waals surface area contributed by atoms with Crippen molar-refractivity contribution in [3.8, 4) is 17.0 Å². The first kappa shape index (κ1) is 24.0. The Hall–Kier alpha value is -3.18. The maximum atomic E-state index is 12.9. The summed E-state index contributed by atoms with van der Waals surface area (Å²) < 4.78 is 67.9. The Kier molecular flexibility index (Phi) is 6.50. The number of aromatic nitrogens is 2. The Bertz CT molecular complexity index is 1260. The quantitative estimate of drug-likeness (QED) is 0.532. The van der Waals surface area contributed by atoms with Gasteiger partial charge < -0.3 is 9.64 Å². The van der Waals surface area contributed by atoms with Gasteiger partial charge in [-0.2, -0.15) is 4.31 Å². The average molecular weight is 493 g/mol. The first-order chi connectivity index (χ1) is 16.0. The third kappa shape index (κ3) is 5.31. The van der Waals surface area contributed by atoms with Gasteiger partial charge in [0.05, 0.1) is 10.6 Å². The number of sulfonamides is 1. The lowest BCUT2D eigenvalue weighted by Gasteiger charge is -2.34. The van der Waals surface area contributed by atoms with E-state index in [0.29, 0.717) is 18.9 Å². The smallest absolute Gasteiger partial charge is 0.406 e. The monoisotopic (exact) mass is 492 g/mol. The second-order valence-electron chi connectivity index (χ2n) is 7.99. The van der Waals surface area contributed by atoms with Crippen molar-refractivity contribution in [2.75, 3.05) is 31.1 Å². The van der Waals surface area contributed by atoms with Crippen molar-refractivity contribution >= 4 is 15.8 Å². The molecule has 0 bridgehead atoms. The zero-order valence-corrected chi connectivity index (χ0v) is 19.4. The van der Waals surface area contributed by atoms with Crippen LogP contribution in [0.3, 0.4) is 0 Å². The molecule has 0 radical (unpaired) electrons. The normalized spacial score (nSPS) is 15.4. The number of hydrogen-bond acceptors (Lipinski definition) is 6. The molecule has 1 aliphatic heterocycles. The van der Waals surface area contributed by atoms with E-state index in [1.165, 1.54) is 15.4 Å². The average Bonchev–Trinajstić information content (AvgIpc) is 2.80. The van der Waals surface area contributed by atoms with E-state index in [9.17, 15) is 21.6 Å². The number of piperazine rings is 1. The van der Waals surface area contributed by atoms with Gasteiger partial charge in [0, 0.05) is 31.7 Å². The van der Waals surface area contributed by atoms with Crippen LogP contribution in [-0.2, 0) is 10.0 Å². The molecule has 1 saturated heterocycles. The van der Waals surface area contributed by atoms with Crippen LogP contribution >= 0.6 is 0 Å². The number of alkyl halides is 3. The topological polar surface area (TPSA) is 75.6 Å². The van der Waals surface area contributed by atoms with Crippen LogP contribution in [0.4, 0.5) is 19.0 Å². The highest BCUT2D eigenvalue weighted by atomic mass is 32.2. The van der Waals surface area contributed by atoms with Gasteiger partial charge >= 0.3 is 6.36 Å². The summed E-state index contributed by atoms with van der Waals surface area (Å²) in [6, 6.07) is 14.0. The van der Waals surface area contributed by atoms with E-state index in [4.69, 9.17) is 0 Å². The molecule has 0 aliphatic carbocycles. The van der Waals surface area contributed by atoms with Gasteiger partial charge in [0.25, 0.3) is 0 Å². The fraction of sp³-hybridized carbons (Fsp3) is 0.304. The molecule has 2 heterocycles. The highest BCUT2D eigenvalue weighted by Gasteiger charge is 2.32. The van der Waals surface area contributed by atoms with E-state index in [1.807, 2.05) is 43.0 Å². The van der Waals surface area contributed by atoms with Crippen LogP contribution in [0, 0.1) is 13.8 Å². The summed E-state index contributed by atoms with van der Waals surface area (Å²) >= 11 is 0. The molecule has 3 aromatic rings. The van der Waals surface area contributed by atoms with Gasteiger partial charge in [-0.05, 0) is 67.4 Å². The molecule has 180 valence electrons. The van der Waals surface area contributed by atoms with Crippen LogP contribution in [0.2, 0.25) is 0 Å². The van der Waals surface area contributed by atoms with E-state index >= 15 is 0 Å². The molecule has 0 N–H and O–H groups in total. The maximum Gasteiger partial charge on any atom is 0.573 e. The van der Waals surface area contributed by atoms with E-state index in [0.717, 1.165) is 35.5 Å². The Morgan fingerprint density at radius 1 is 0.853 bits per heavy atom. The summed E-state index contributed by atoms with van der Waals surface area (Å²) in [6.45, 7) is 5.33. The van der Waals surface area contributed by atoms with E-state index in [-0.39, 0.29) is 18.0 Å². The van der Waals surface area contributed by atoms with E-state index < -0.39 is 22.1 Å². The van der Waals surface area contributed by atoms with Gasteiger partial charge in [0.1, 0.15) is 5.75 Å². The van der Waals surface area contributed by atoms with Crippen molar-refractivity contribution < 1.29 is 26.3 Å². The van der Waals surface area contributed by atoms with Crippen molar-refractivity contribution in [1.82, 2.24) is 14.5 Å². The molecule has 0 spiro atoms. The SMILES string of the molecule is Cc1ccc(-c2ccc(N3CCN(S(=O)(=O)c4ccc(OC(F)(F)F)cc4)CC3)nn2)cc1C. The summed E-state index contributed by atoms with van der Waals surface area (Å²) in [5.41, 5.74) is 4.10. The zero-order valence-electron chi connectivity index (χ0n) is 18.6. The summed E-state index contributed by atoms with van der Waals surface area (Å²) in [7, 11) is -3.84. The number of rotatable bonds is 5. The molecular formula is C23H23F3N4O3S. The van der Waals surface area contributed by atoms with Crippen LogP contribution in [0.1, 0.15) is 11.1 Å². The Labute approximate surface area is 195 Å². The maximum absolute atomic E-state index is 12.9. The molecule has 0 saturated carbocycles.